The maximum atomic E-state index is 12.2. The van der Waals surface area contributed by atoms with Crippen LogP contribution in [-0.4, -0.2) is 37.2 Å². The Balaban J connectivity index is 1.76. The fourth-order valence-electron chi connectivity index (χ4n) is 2.50. The number of rotatable bonds is 8. The van der Waals surface area contributed by atoms with Crippen molar-refractivity contribution in [3.63, 3.8) is 0 Å². The predicted molar refractivity (Wildman–Crippen MR) is 111 cm³/mol. The topological polar surface area (TPSA) is 96.5 Å². The second kappa shape index (κ2) is 11.1. The van der Waals surface area contributed by atoms with Crippen molar-refractivity contribution in [2.45, 2.75) is 19.3 Å². The van der Waals surface area contributed by atoms with Gasteiger partial charge >= 0.3 is 6.36 Å². The second-order valence-electron chi connectivity index (χ2n) is 6.49. The molecule has 3 amide bonds. The van der Waals surface area contributed by atoms with E-state index in [4.69, 9.17) is 23.2 Å². The van der Waals surface area contributed by atoms with Crippen molar-refractivity contribution in [2.24, 2.45) is 0 Å². The lowest BCUT2D eigenvalue weighted by Crippen LogP contribution is -2.42. The summed E-state index contributed by atoms with van der Waals surface area (Å²) in [5.74, 6) is -2.11. The standard InChI is InChI=1S/C20H18Cl2F3N3O4/c1-11(12-2-5-14(6-3-12)32-20(23,24)25)28-18(30)10-26-17(29)9-27-19(31)15-7-4-13(21)8-16(15)22/h2-8,11H,9-10H2,1H3,(H,26,29)(H,27,31)(H,28,30). The van der Waals surface area contributed by atoms with Crippen LogP contribution in [0.5, 0.6) is 5.75 Å². The molecule has 0 aliphatic heterocycles. The molecule has 12 heteroatoms. The summed E-state index contributed by atoms with van der Waals surface area (Å²) >= 11 is 11.7. The van der Waals surface area contributed by atoms with Crippen LogP contribution < -0.4 is 20.7 Å². The van der Waals surface area contributed by atoms with E-state index >= 15 is 0 Å². The minimum Gasteiger partial charge on any atom is -0.406 e. The van der Waals surface area contributed by atoms with Crippen molar-refractivity contribution in [1.29, 1.82) is 0 Å². The van der Waals surface area contributed by atoms with E-state index in [0.29, 0.717) is 10.6 Å². The molecule has 0 aliphatic rings. The Labute approximate surface area is 191 Å². The minimum absolute atomic E-state index is 0.127. The highest BCUT2D eigenvalue weighted by Crippen LogP contribution is 2.24. The Hall–Kier alpha value is -2.98. The van der Waals surface area contributed by atoms with Gasteiger partial charge in [-0.1, -0.05) is 35.3 Å². The van der Waals surface area contributed by atoms with Crippen LogP contribution >= 0.6 is 23.2 Å². The third kappa shape index (κ3) is 8.27. The highest BCUT2D eigenvalue weighted by atomic mass is 35.5. The first-order valence-corrected chi connectivity index (χ1v) is 9.85. The van der Waals surface area contributed by atoms with Crippen LogP contribution in [0.3, 0.4) is 0 Å². The lowest BCUT2D eigenvalue weighted by Gasteiger charge is -2.16. The van der Waals surface area contributed by atoms with Gasteiger partial charge < -0.3 is 20.7 Å². The van der Waals surface area contributed by atoms with Gasteiger partial charge in [0.2, 0.25) is 11.8 Å². The van der Waals surface area contributed by atoms with Gasteiger partial charge in [-0.15, -0.1) is 13.2 Å². The smallest absolute Gasteiger partial charge is 0.406 e. The van der Waals surface area contributed by atoms with Crippen LogP contribution in [0.1, 0.15) is 28.9 Å². The van der Waals surface area contributed by atoms with Gasteiger partial charge in [-0.05, 0) is 42.8 Å². The molecule has 7 nitrogen and oxygen atoms in total. The van der Waals surface area contributed by atoms with Gasteiger partial charge in [0, 0.05) is 5.02 Å². The van der Waals surface area contributed by atoms with Gasteiger partial charge in [0.05, 0.1) is 29.7 Å². The molecule has 0 aliphatic carbocycles. The molecule has 0 bridgehead atoms. The molecule has 0 saturated carbocycles. The summed E-state index contributed by atoms with van der Waals surface area (Å²) in [6, 6.07) is 8.75. The zero-order valence-corrected chi connectivity index (χ0v) is 18.1. The molecule has 2 rings (SSSR count). The van der Waals surface area contributed by atoms with Crippen LogP contribution in [0, 0.1) is 0 Å². The van der Waals surface area contributed by atoms with Gasteiger partial charge in [0.1, 0.15) is 5.75 Å². The summed E-state index contributed by atoms with van der Waals surface area (Å²) in [4.78, 5) is 35.9. The fourth-order valence-corrected chi connectivity index (χ4v) is 3.00. The molecular formula is C20H18Cl2F3N3O4. The molecule has 32 heavy (non-hydrogen) atoms. The number of hydrogen-bond acceptors (Lipinski definition) is 4. The number of carbonyl (C=O) groups excluding carboxylic acids is 3. The largest absolute Gasteiger partial charge is 0.573 e. The van der Waals surface area contributed by atoms with Crippen LogP contribution in [0.25, 0.3) is 0 Å². The molecule has 0 saturated heterocycles. The Morgan fingerprint density at radius 1 is 0.969 bits per heavy atom. The highest BCUT2D eigenvalue weighted by Gasteiger charge is 2.31. The summed E-state index contributed by atoms with van der Waals surface area (Å²) in [5, 5.41) is 7.78. The van der Waals surface area contributed by atoms with Gasteiger partial charge in [-0.2, -0.15) is 0 Å². The van der Waals surface area contributed by atoms with Gasteiger partial charge in [0.25, 0.3) is 5.91 Å². The third-order valence-electron chi connectivity index (χ3n) is 4.02. The normalized spacial score (nSPS) is 11.9. The Bertz CT molecular complexity index is 985. The number of halogens is 5. The predicted octanol–water partition coefficient (Wildman–Crippen LogP) is 3.62. The monoisotopic (exact) mass is 491 g/mol. The zero-order chi connectivity index (χ0) is 23.9. The van der Waals surface area contributed by atoms with Crippen molar-refractivity contribution in [1.82, 2.24) is 16.0 Å². The molecule has 0 fully saturated rings. The molecule has 3 N–H and O–H groups in total. The van der Waals surface area contributed by atoms with Crippen molar-refractivity contribution >= 4 is 40.9 Å². The van der Waals surface area contributed by atoms with E-state index in [1.165, 1.54) is 30.3 Å². The van der Waals surface area contributed by atoms with Gasteiger partial charge in [-0.3, -0.25) is 14.4 Å². The summed E-state index contributed by atoms with van der Waals surface area (Å²) in [7, 11) is 0. The number of hydrogen-bond donors (Lipinski definition) is 3. The lowest BCUT2D eigenvalue weighted by molar-refractivity contribution is -0.274. The summed E-state index contributed by atoms with van der Waals surface area (Å²) < 4.78 is 40.4. The molecule has 1 unspecified atom stereocenters. The Kier molecular flexibility index (Phi) is 8.73. The number of benzene rings is 2. The molecule has 0 spiro atoms. The van der Waals surface area contributed by atoms with Crippen molar-refractivity contribution < 1.29 is 32.3 Å². The number of nitrogens with one attached hydrogen (secondary N) is 3. The quantitative estimate of drug-likeness (QED) is 0.525. The van der Waals surface area contributed by atoms with E-state index in [-0.39, 0.29) is 29.4 Å². The number of ether oxygens (including phenoxy) is 1. The van der Waals surface area contributed by atoms with E-state index in [0.717, 1.165) is 12.1 Å². The number of alkyl halides is 3. The third-order valence-corrected chi connectivity index (χ3v) is 4.57. The molecular weight excluding hydrogens is 474 g/mol. The van der Waals surface area contributed by atoms with E-state index in [9.17, 15) is 27.6 Å². The molecule has 2 aromatic carbocycles. The first-order chi connectivity index (χ1) is 14.9. The summed E-state index contributed by atoms with van der Waals surface area (Å²) in [6.45, 7) is 0.868. The Morgan fingerprint density at radius 2 is 1.59 bits per heavy atom. The molecule has 172 valence electrons. The summed E-state index contributed by atoms with van der Waals surface area (Å²) in [6.07, 6.45) is -4.79. The van der Waals surface area contributed by atoms with Crippen molar-refractivity contribution in [2.75, 3.05) is 13.1 Å². The van der Waals surface area contributed by atoms with Crippen molar-refractivity contribution in [3.05, 3.63) is 63.6 Å². The minimum atomic E-state index is -4.79. The highest BCUT2D eigenvalue weighted by molar-refractivity contribution is 6.36. The fraction of sp³-hybridized carbons (Fsp3) is 0.250. The van der Waals surface area contributed by atoms with E-state index in [1.54, 1.807) is 6.92 Å². The summed E-state index contributed by atoms with van der Waals surface area (Å²) in [5.41, 5.74) is 0.674. The van der Waals surface area contributed by atoms with E-state index in [1.807, 2.05) is 0 Å². The SMILES string of the molecule is CC(NC(=O)CNC(=O)CNC(=O)c1ccc(Cl)cc1Cl)c1ccc(OC(F)(F)F)cc1. The second-order valence-corrected chi connectivity index (χ2v) is 7.33. The van der Waals surface area contributed by atoms with Crippen LogP contribution in [-0.2, 0) is 9.59 Å². The molecule has 1 atom stereocenters. The van der Waals surface area contributed by atoms with E-state index < -0.39 is 30.1 Å². The average molecular weight is 492 g/mol. The first kappa shape index (κ1) is 25.3. The van der Waals surface area contributed by atoms with Crippen LogP contribution in [0.15, 0.2) is 42.5 Å². The lowest BCUT2D eigenvalue weighted by atomic mass is 10.1. The van der Waals surface area contributed by atoms with Gasteiger partial charge in [0.15, 0.2) is 0 Å². The van der Waals surface area contributed by atoms with Crippen LogP contribution in [0.2, 0.25) is 10.0 Å². The zero-order valence-electron chi connectivity index (χ0n) is 16.6. The number of amides is 3. The average Bonchev–Trinajstić information content (AvgIpc) is 2.69. The maximum absolute atomic E-state index is 12.2. The van der Waals surface area contributed by atoms with Crippen LogP contribution in [0.4, 0.5) is 13.2 Å². The van der Waals surface area contributed by atoms with Gasteiger partial charge in [-0.25, -0.2) is 0 Å². The molecule has 2 aromatic rings. The molecule has 0 heterocycles. The number of carbonyl (C=O) groups is 3. The molecule has 0 aromatic heterocycles. The maximum Gasteiger partial charge on any atom is 0.573 e. The van der Waals surface area contributed by atoms with Crippen molar-refractivity contribution in [3.8, 4) is 5.75 Å². The molecule has 0 radical (unpaired) electrons. The first-order valence-electron chi connectivity index (χ1n) is 9.09. The van der Waals surface area contributed by atoms with E-state index in [2.05, 4.69) is 20.7 Å². The Morgan fingerprint density at radius 3 is 2.19 bits per heavy atom.